The number of furan rings is 1. The summed E-state index contributed by atoms with van der Waals surface area (Å²) in [7, 11) is 0. The Bertz CT molecular complexity index is 1240. The van der Waals surface area contributed by atoms with Crippen molar-refractivity contribution in [2.75, 3.05) is 0 Å². The highest BCUT2D eigenvalue weighted by atomic mass is 32.1. The summed E-state index contributed by atoms with van der Waals surface area (Å²) in [5.41, 5.74) is 0.450. The molecule has 2 aliphatic rings. The zero-order valence-electron chi connectivity index (χ0n) is 14.7. The van der Waals surface area contributed by atoms with Gasteiger partial charge in [-0.25, -0.2) is 4.99 Å². The molecule has 1 aromatic carbocycles. The summed E-state index contributed by atoms with van der Waals surface area (Å²) in [4.78, 5) is 31.0. The maximum atomic E-state index is 13.2. The minimum absolute atomic E-state index is 0.0510. The van der Waals surface area contributed by atoms with Gasteiger partial charge in [0.15, 0.2) is 4.80 Å². The molecule has 0 saturated heterocycles. The summed E-state index contributed by atoms with van der Waals surface area (Å²) in [5.74, 6) is 0.0502. The van der Waals surface area contributed by atoms with E-state index in [0.717, 1.165) is 11.1 Å². The summed E-state index contributed by atoms with van der Waals surface area (Å²) in [6, 6.07) is 8.89. The standard InChI is InChI=1S/C20H16N2O4S/c1-11(23)16-17-13-5-3-4-6-14(13)26-20(16,2)21-19-22(17)18(24)15(27-19)9-12-7-8-25-10-12/h3-10,16-17H,1-2H3/b15-9-/t16?,17?,20-/m1/s1. The van der Waals surface area contributed by atoms with E-state index in [0.29, 0.717) is 15.1 Å². The van der Waals surface area contributed by atoms with Gasteiger partial charge < -0.3 is 9.15 Å². The quantitative estimate of drug-likeness (QED) is 0.680. The van der Waals surface area contributed by atoms with Crippen LogP contribution >= 0.6 is 11.3 Å². The Morgan fingerprint density at radius 2 is 2.15 bits per heavy atom. The van der Waals surface area contributed by atoms with E-state index in [-0.39, 0.29) is 11.3 Å². The molecule has 6 nitrogen and oxygen atoms in total. The largest absolute Gasteiger partial charge is 0.472 e. The van der Waals surface area contributed by atoms with Crippen LogP contribution in [0.15, 0.2) is 57.1 Å². The predicted molar refractivity (Wildman–Crippen MR) is 99.4 cm³/mol. The van der Waals surface area contributed by atoms with Crippen LogP contribution in [0.1, 0.15) is 31.0 Å². The minimum atomic E-state index is -1.03. The molecule has 136 valence electrons. The summed E-state index contributed by atoms with van der Waals surface area (Å²) in [6.07, 6.45) is 4.92. The maximum absolute atomic E-state index is 13.2. The smallest absolute Gasteiger partial charge is 0.270 e. The molecule has 3 atom stereocenters. The first-order valence-electron chi connectivity index (χ1n) is 8.61. The number of Topliss-reactive ketones (excluding diaryl/α,β-unsaturated/α-hetero) is 1. The third kappa shape index (κ3) is 2.28. The number of aromatic nitrogens is 1. The third-order valence-corrected chi connectivity index (χ3v) is 6.14. The minimum Gasteiger partial charge on any atom is -0.472 e. The molecule has 2 aliphatic heterocycles. The molecule has 0 radical (unpaired) electrons. The van der Waals surface area contributed by atoms with Gasteiger partial charge in [0.05, 0.1) is 23.1 Å². The maximum Gasteiger partial charge on any atom is 0.270 e. The van der Waals surface area contributed by atoms with Gasteiger partial charge in [-0.15, -0.1) is 0 Å². The Hall–Kier alpha value is -2.93. The van der Waals surface area contributed by atoms with E-state index in [1.54, 1.807) is 29.2 Å². The SMILES string of the molecule is CC(=O)C1C2c3ccccc3O[C@@]1(C)N=c1s/c(=C\c3ccoc3)c(=O)n12. The number of ether oxygens (including phenoxy) is 1. The number of fused-ring (bicyclic) bond motifs is 6. The van der Waals surface area contributed by atoms with Gasteiger partial charge in [0.2, 0.25) is 5.72 Å². The first-order chi connectivity index (χ1) is 13.0. The van der Waals surface area contributed by atoms with Crippen LogP contribution in [-0.2, 0) is 4.79 Å². The van der Waals surface area contributed by atoms with E-state index in [1.807, 2.05) is 31.2 Å². The number of rotatable bonds is 2. The molecule has 0 N–H and O–H groups in total. The van der Waals surface area contributed by atoms with E-state index < -0.39 is 17.7 Å². The van der Waals surface area contributed by atoms with Crippen molar-refractivity contribution in [2.24, 2.45) is 10.9 Å². The second-order valence-corrected chi connectivity index (χ2v) is 7.97. The Morgan fingerprint density at radius 3 is 2.89 bits per heavy atom. The average Bonchev–Trinajstić information content (AvgIpc) is 3.22. The summed E-state index contributed by atoms with van der Waals surface area (Å²) in [6.45, 7) is 3.35. The van der Waals surface area contributed by atoms with E-state index in [4.69, 9.17) is 14.1 Å². The van der Waals surface area contributed by atoms with Crippen LogP contribution in [0.5, 0.6) is 5.75 Å². The second kappa shape index (κ2) is 5.53. The molecule has 0 fully saturated rings. The van der Waals surface area contributed by atoms with E-state index >= 15 is 0 Å². The van der Waals surface area contributed by atoms with Crippen LogP contribution in [0.3, 0.4) is 0 Å². The Kier molecular flexibility index (Phi) is 3.33. The van der Waals surface area contributed by atoms with Crippen LogP contribution in [0.2, 0.25) is 0 Å². The van der Waals surface area contributed by atoms with Crippen molar-refractivity contribution in [1.82, 2.24) is 4.57 Å². The van der Waals surface area contributed by atoms with Gasteiger partial charge in [0.25, 0.3) is 5.56 Å². The van der Waals surface area contributed by atoms with Crippen molar-refractivity contribution in [3.8, 4) is 5.75 Å². The fraction of sp³-hybridized carbons (Fsp3) is 0.250. The molecular weight excluding hydrogens is 364 g/mol. The molecule has 0 saturated carbocycles. The highest BCUT2D eigenvalue weighted by Gasteiger charge is 2.53. The van der Waals surface area contributed by atoms with Gasteiger partial charge in [-0.1, -0.05) is 29.5 Å². The average molecular weight is 380 g/mol. The van der Waals surface area contributed by atoms with Crippen molar-refractivity contribution in [1.29, 1.82) is 0 Å². The first kappa shape index (κ1) is 16.3. The van der Waals surface area contributed by atoms with Gasteiger partial charge in [-0.3, -0.25) is 14.2 Å². The zero-order valence-corrected chi connectivity index (χ0v) is 15.5. The molecule has 7 heteroatoms. The summed E-state index contributed by atoms with van der Waals surface area (Å²) >= 11 is 1.30. The number of thiazole rings is 1. The molecule has 0 spiro atoms. The lowest BCUT2D eigenvalue weighted by Crippen LogP contribution is -2.58. The molecule has 0 amide bonds. The van der Waals surface area contributed by atoms with Gasteiger partial charge in [-0.2, -0.15) is 0 Å². The van der Waals surface area contributed by atoms with Crippen molar-refractivity contribution in [3.05, 3.63) is 73.7 Å². The zero-order chi connectivity index (χ0) is 18.8. The topological polar surface area (TPSA) is 73.8 Å². The molecule has 4 heterocycles. The summed E-state index contributed by atoms with van der Waals surface area (Å²) < 4.78 is 13.4. The number of ketones is 1. The molecule has 5 rings (SSSR count). The van der Waals surface area contributed by atoms with Gasteiger partial charge in [-0.05, 0) is 32.1 Å². The number of nitrogens with zero attached hydrogens (tertiary/aromatic N) is 2. The lowest BCUT2D eigenvalue weighted by molar-refractivity contribution is -0.132. The van der Waals surface area contributed by atoms with Gasteiger partial charge in [0, 0.05) is 11.1 Å². The number of benzene rings is 1. The number of para-hydroxylation sites is 1. The molecule has 0 aliphatic carbocycles. The van der Waals surface area contributed by atoms with Crippen molar-refractivity contribution < 1.29 is 13.9 Å². The highest BCUT2D eigenvalue weighted by molar-refractivity contribution is 7.07. The molecule has 2 aromatic heterocycles. The Balaban J connectivity index is 1.85. The van der Waals surface area contributed by atoms with Crippen molar-refractivity contribution >= 4 is 23.2 Å². The van der Waals surface area contributed by atoms with Crippen molar-refractivity contribution in [2.45, 2.75) is 25.6 Å². The fourth-order valence-electron chi connectivity index (χ4n) is 4.06. The molecular formula is C20H16N2O4S. The first-order valence-corrected chi connectivity index (χ1v) is 9.43. The number of carbonyl (C=O) groups excluding carboxylic acids is 1. The Morgan fingerprint density at radius 1 is 1.33 bits per heavy atom. The van der Waals surface area contributed by atoms with E-state index in [2.05, 4.69) is 0 Å². The fourth-order valence-corrected chi connectivity index (χ4v) is 5.16. The second-order valence-electron chi connectivity index (χ2n) is 6.96. The third-order valence-electron chi connectivity index (χ3n) is 5.16. The molecule has 27 heavy (non-hydrogen) atoms. The number of hydrogen-bond donors (Lipinski definition) is 0. The van der Waals surface area contributed by atoms with Crippen LogP contribution in [-0.4, -0.2) is 16.1 Å². The lowest BCUT2D eigenvalue weighted by atomic mass is 9.79. The van der Waals surface area contributed by atoms with E-state index in [9.17, 15) is 9.59 Å². The highest BCUT2D eigenvalue weighted by Crippen LogP contribution is 2.47. The molecule has 2 unspecified atom stereocenters. The van der Waals surface area contributed by atoms with Crippen LogP contribution < -0.4 is 19.6 Å². The number of hydrogen-bond acceptors (Lipinski definition) is 6. The molecule has 2 bridgehead atoms. The van der Waals surface area contributed by atoms with E-state index in [1.165, 1.54) is 18.3 Å². The van der Waals surface area contributed by atoms with Crippen LogP contribution in [0, 0.1) is 5.92 Å². The van der Waals surface area contributed by atoms with Gasteiger partial charge >= 0.3 is 0 Å². The number of carbonyl (C=O) groups is 1. The van der Waals surface area contributed by atoms with Crippen molar-refractivity contribution in [3.63, 3.8) is 0 Å². The normalized spacial score (nSPS) is 25.9. The lowest BCUT2D eigenvalue weighted by Gasteiger charge is -2.45. The van der Waals surface area contributed by atoms with Gasteiger partial charge in [0.1, 0.15) is 17.5 Å². The van der Waals surface area contributed by atoms with Crippen LogP contribution in [0.4, 0.5) is 0 Å². The summed E-state index contributed by atoms with van der Waals surface area (Å²) in [5, 5.41) is 0. The predicted octanol–water partition coefficient (Wildman–Crippen LogP) is 1.87. The Labute approximate surface area is 158 Å². The monoisotopic (exact) mass is 380 g/mol. The molecule has 3 aromatic rings. The van der Waals surface area contributed by atoms with Crippen LogP contribution in [0.25, 0.3) is 6.08 Å².